The fourth-order valence-electron chi connectivity index (χ4n) is 4.11. The lowest BCUT2D eigenvalue weighted by Crippen LogP contribution is -2.42. The predicted molar refractivity (Wildman–Crippen MR) is 102 cm³/mol. The first-order chi connectivity index (χ1) is 13.2. The zero-order chi connectivity index (χ0) is 18.6. The van der Waals surface area contributed by atoms with Gasteiger partial charge in [0, 0.05) is 18.5 Å². The molecule has 2 aliphatic rings. The standard InChI is InChI=1S/C22H26FNO3/c1-2-10-24-11-9-20(16-3-5-18(23)6-4-16)17(13-24)14-25-19-7-8-21-22(12-19)27-15-26-21/h3-8,12,17,20H,2,9-11,13-15H2,1H3/t17-,20-/m1/s1. The van der Waals surface area contributed by atoms with E-state index in [1.807, 2.05) is 30.3 Å². The van der Waals surface area contributed by atoms with E-state index < -0.39 is 0 Å². The Morgan fingerprint density at radius 2 is 1.93 bits per heavy atom. The molecule has 0 aromatic heterocycles. The third kappa shape index (κ3) is 4.19. The number of ether oxygens (including phenoxy) is 3. The molecule has 4 rings (SSSR count). The topological polar surface area (TPSA) is 30.9 Å². The molecule has 27 heavy (non-hydrogen) atoms. The van der Waals surface area contributed by atoms with E-state index in [0.717, 1.165) is 49.7 Å². The summed E-state index contributed by atoms with van der Waals surface area (Å²) < 4.78 is 30.3. The van der Waals surface area contributed by atoms with E-state index in [9.17, 15) is 4.39 Å². The highest BCUT2D eigenvalue weighted by Crippen LogP contribution is 2.37. The summed E-state index contributed by atoms with van der Waals surface area (Å²) in [7, 11) is 0. The summed E-state index contributed by atoms with van der Waals surface area (Å²) in [4.78, 5) is 2.51. The highest BCUT2D eigenvalue weighted by molar-refractivity contribution is 5.46. The van der Waals surface area contributed by atoms with E-state index in [4.69, 9.17) is 14.2 Å². The van der Waals surface area contributed by atoms with Crippen LogP contribution in [0.5, 0.6) is 17.2 Å². The van der Waals surface area contributed by atoms with E-state index >= 15 is 0 Å². The lowest BCUT2D eigenvalue weighted by molar-refractivity contribution is 0.111. The van der Waals surface area contributed by atoms with Crippen molar-refractivity contribution in [2.24, 2.45) is 5.92 Å². The Morgan fingerprint density at radius 3 is 2.74 bits per heavy atom. The second-order valence-electron chi connectivity index (χ2n) is 7.33. The van der Waals surface area contributed by atoms with Gasteiger partial charge in [0.2, 0.25) is 6.79 Å². The minimum Gasteiger partial charge on any atom is -0.493 e. The molecule has 2 aromatic rings. The molecule has 4 nitrogen and oxygen atoms in total. The smallest absolute Gasteiger partial charge is 0.231 e. The predicted octanol–water partition coefficient (Wildman–Crippen LogP) is 4.45. The van der Waals surface area contributed by atoms with Crippen molar-refractivity contribution in [1.29, 1.82) is 0 Å². The van der Waals surface area contributed by atoms with Crippen LogP contribution in [0.1, 0.15) is 31.2 Å². The first kappa shape index (κ1) is 18.1. The van der Waals surface area contributed by atoms with Crippen molar-refractivity contribution in [3.8, 4) is 17.2 Å². The van der Waals surface area contributed by atoms with Gasteiger partial charge >= 0.3 is 0 Å². The molecule has 0 aliphatic carbocycles. The SMILES string of the molecule is CCCN1CC[C@H](c2ccc(F)cc2)[C@@H](COc2ccc3c(c2)OCO3)C1. The van der Waals surface area contributed by atoms with E-state index in [1.165, 1.54) is 5.56 Å². The van der Waals surface area contributed by atoms with Gasteiger partial charge in [-0.2, -0.15) is 0 Å². The summed E-state index contributed by atoms with van der Waals surface area (Å²) in [6.07, 6.45) is 2.22. The lowest BCUT2D eigenvalue weighted by Gasteiger charge is -2.38. The van der Waals surface area contributed by atoms with Crippen LogP contribution < -0.4 is 14.2 Å². The van der Waals surface area contributed by atoms with Crippen molar-refractivity contribution in [3.63, 3.8) is 0 Å². The van der Waals surface area contributed by atoms with Gasteiger partial charge in [-0.15, -0.1) is 0 Å². The maximum atomic E-state index is 13.3. The molecule has 0 saturated carbocycles. The van der Waals surface area contributed by atoms with Gasteiger partial charge in [0.25, 0.3) is 0 Å². The van der Waals surface area contributed by atoms with Crippen LogP contribution in [0.2, 0.25) is 0 Å². The van der Waals surface area contributed by atoms with E-state index in [1.54, 1.807) is 12.1 Å². The monoisotopic (exact) mass is 371 g/mol. The van der Waals surface area contributed by atoms with Gasteiger partial charge in [-0.25, -0.2) is 4.39 Å². The summed E-state index contributed by atoms with van der Waals surface area (Å²) in [6.45, 7) is 6.29. The molecule has 2 atom stereocenters. The number of hydrogen-bond donors (Lipinski definition) is 0. The number of hydrogen-bond acceptors (Lipinski definition) is 4. The van der Waals surface area contributed by atoms with Crippen LogP contribution >= 0.6 is 0 Å². The Kier molecular flexibility index (Phi) is 5.48. The third-order valence-electron chi connectivity index (χ3n) is 5.46. The van der Waals surface area contributed by atoms with Crippen molar-refractivity contribution in [2.45, 2.75) is 25.7 Å². The second-order valence-corrected chi connectivity index (χ2v) is 7.33. The van der Waals surface area contributed by atoms with Gasteiger partial charge in [0.15, 0.2) is 11.5 Å². The van der Waals surface area contributed by atoms with Crippen molar-refractivity contribution in [3.05, 3.63) is 53.8 Å². The maximum Gasteiger partial charge on any atom is 0.231 e. The van der Waals surface area contributed by atoms with Gasteiger partial charge in [-0.1, -0.05) is 19.1 Å². The van der Waals surface area contributed by atoms with Gasteiger partial charge < -0.3 is 19.1 Å². The fourth-order valence-corrected chi connectivity index (χ4v) is 4.11. The molecule has 5 heteroatoms. The van der Waals surface area contributed by atoms with Crippen molar-refractivity contribution >= 4 is 0 Å². The quantitative estimate of drug-likeness (QED) is 0.751. The van der Waals surface area contributed by atoms with Crippen molar-refractivity contribution in [1.82, 2.24) is 4.90 Å². The van der Waals surface area contributed by atoms with Crippen LogP contribution in [0.4, 0.5) is 4.39 Å². The van der Waals surface area contributed by atoms with Crippen LogP contribution in [0.3, 0.4) is 0 Å². The zero-order valence-corrected chi connectivity index (χ0v) is 15.7. The summed E-state index contributed by atoms with van der Waals surface area (Å²) in [5.41, 5.74) is 1.20. The molecule has 1 fully saturated rings. The van der Waals surface area contributed by atoms with Gasteiger partial charge in [-0.3, -0.25) is 0 Å². The van der Waals surface area contributed by atoms with E-state index in [2.05, 4.69) is 11.8 Å². The zero-order valence-electron chi connectivity index (χ0n) is 15.7. The van der Waals surface area contributed by atoms with E-state index in [0.29, 0.717) is 18.4 Å². The van der Waals surface area contributed by atoms with E-state index in [-0.39, 0.29) is 12.6 Å². The molecule has 0 bridgehead atoms. The van der Waals surface area contributed by atoms with Crippen LogP contribution in [0, 0.1) is 11.7 Å². The summed E-state index contributed by atoms with van der Waals surface area (Å²) in [5, 5.41) is 0. The Balaban J connectivity index is 1.47. The van der Waals surface area contributed by atoms with Crippen LogP contribution in [-0.2, 0) is 0 Å². The normalized spacial score (nSPS) is 22.0. The maximum absolute atomic E-state index is 13.3. The third-order valence-corrected chi connectivity index (χ3v) is 5.46. The minimum absolute atomic E-state index is 0.185. The molecule has 0 radical (unpaired) electrons. The number of fused-ring (bicyclic) bond motifs is 1. The lowest BCUT2D eigenvalue weighted by atomic mass is 9.81. The Labute approximate surface area is 159 Å². The number of nitrogens with zero attached hydrogens (tertiary/aromatic N) is 1. The first-order valence-corrected chi connectivity index (χ1v) is 9.73. The molecule has 0 N–H and O–H groups in total. The van der Waals surface area contributed by atoms with Crippen molar-refractivity contribution < 1.29 is 18.6 Å². The molecular formula is C22H26FNO3. The largest absolute Gasteiger partial charge is 0.493 e. The summed E-state index contributed by atoms with van der Waals surface area (Å²) in [6, 6.07) is 12.7. The molecule has 144 valence electrons. The molecule has 2 heterocycles. The van der Waals surface area contributed by atoms with Crippen molar-refractivity contribution in [2.75, 3.05) is 33.0 Å². The molecular weight excluding hydrogens is 345 g/mol. The molecule has 2 aliphatic heterocycles. The van der Waals surface area contributed by atoms with Gasteiger partial charge in [0.05, 0.1) is 6.61 Å². The van der Waals surface area contributed by atoms with Crippen LogP contribution in [0.25, 0.3) is 0 Å². The summed E-state index contributed by atoms with van der Waals surface area (Å²) >= 11 is 0. The Hall–Kier alpha value is -2.27. The van der Waals surface area contributed by atoms with Gasteiger partial charge in [0.1, 0.15) is 11.6 Å². The number of rotatable bonds is 6. The number of piperidine rings is 1. The Bertz CT molecular complexity index is 765. The molecule has 2 aromatic carbocycles. The highest BCUT2D eigenvalue weighted by Gasteiger charge is 2.30. The number of likely N-dealkylation sites (tertiary alicyclic amines) is 1. The number of halogens is 1. The second kappa shape index (κ2) is 8.17. The number of benzene rings is 2. The highest BCUT2D eigenvalue weighted by atomic mass is 19.1. The molecule has 0 spiro atoms. The van der Waals surface area contributed by atoms with Crippen LogP contribution in [-0.4, -0.2) is 37.9 Å². The molecule has 0 amide bonds. The Morgan fingerprint density at radius 1 is 1.11 bits per heavy atom. The average Bonchev–Trinajstić information content (AvgIpc) is 3.15. The fraction of sp³-hybridized carbons (Fsp3) is 0.455. The average molecular weight is 371 g/mol. The molecule has 1 saturated heterocycles. The molecule has 0 unspecified atom stereocenters. The van der Waals surface area contributed by atoms with Gasteiger partial charge in [-0.05, 0) is 61.7 Å². The summed E-state index contributed by atoms with van der Waals surface area (Å²) in [5.74, 6) is 2.85. The van der Waals surface area contributed by atoms with Crippen LogP contribution in [0.15, 0.2) is 42.5 Å². The first-order valence-electron chi connectivity index (χ1n) is 9.73. The minimum atomic E-state index is -0.185.